The molecule has 0 saturated carbocycles. The summed E-state index contributed by atoms with van der Waals surface area (Å²) >= 11 is 5.59. The number of rotatable bonds is 6. The van der Waals surface area contributed by atoms with Crippen LogP contribution >= 0.6 is 11.6 Å². The average molecular weight is 344 g/mol. The Morgan fingerprint density at radius 3 is 2.60 bits per heavy atom. The molecule has 1 aromatic carbocycles. The molecule has 0 spiro atoms. The summed E-state index contributed by atoms with van der Waals surface area (Å²) in [5.74, 6) is -2.98. The minimum absolute atomic E-state index is 0.0488. The number of aromatic carboxylic acids is 1. The van der Waals surface area contributed by atoms with E-state index in [0.717, 1.165) is 12.1 Å². The predicted molar refractivity (Wildman–Crippen MR) is 72.5 cm³/mol. The van der Waals surface area contributed by atoms with Gasteiger partial charge in [-0.3, -0.25) is 4.21 Å². The van der Waals surface area contributed by atoms with Crippen molar-refractivity contribution in [1.29, 1.82) is 0 Å². The van der Waals surface area contributed by atoms with Gasteiger partial charge in [0.15, 0.2) is 5.82 Å². The van der Waals surface area contributed by atoms with Crippen LogP contribution in [0.15, 0.2) is 17.0 Å². The Morgan fingerprint density at radius 2 is 2.10 bits per heavy atom. The third-order valence-corrected chi connectivity index (χ3v) is 4.66. The van der Waals surface area contributed by atoms with E-state index in [4.69, 9.17) is 16.7 Å². The van der Waals surface area contributed by atoms with Gasteiger partial charge < -0.3 is 5.11 Å². The van der Waals surface area contributed by atoms with Gasteiger partial charge in [-0.1, -0.05) is 11.6 Å². The Labute approximate surface area is 122 Å². The number of nitrogens with one attached hydrogen (secondary N) is 1. The van der Waals surface area contributed by atoms with Crippen LogP contribution in [0.3, 0.4) is 0 Å². The molecule has 0 heterocycles. The fourth-order valence-electron chi connectivity index (χ4n) is 1.31. The standard InChI is InChI=1S/C10H11ClFNO5S2/c1-19(16)3-2-13-20(17,18)8-5-6(11)4-7(9(8)12)10(14)15/h4-5,13H,2-3H2,1H3,(H,14,15). The van der Waals surface area contributed by atoms with Gasteiger partial charge in [0.2, 0.25) is 10.0 Å². The predicted octanol–water partition coefficient (Wildman–Crippen LogP) is 0.834. The first kappa shape index (κ1) is 17.0. The molecular weight excluding hydrogens is 333 g/mol. The second-order valence-corrected chi connectivity index (χ2v) is 7.47. The maximum atomic E-state index is 13.9. The van der Waals surface area contributed by atoms with Gasteiger partial charge in [-0.05, 0) is 12.1 Å². The first-order valence-electron chi connectivity index (χ1n) is 5.17. The molecule has 6 nitrogen and oxygen atoms in total. The molecule has 1 atom stereocenters. The lowest BCUT2D eigenvalue weighted by Crippen LogP contribution is -2.29. The van der Waals surface area contributed by atoms with Crippen molar-refractivity contribution in [3.8, 4) is 0 Å². The number of sulfonamides is 1. The van der Waals surface area contributed by atoms with Gasteiger partial charge in [-0.2, -0.15) is 0 Å². The Kier molecular flexibility index (Phi) is 5.63. The molecular formula is C10H11ClFNO5S2. The van der Waals surface area contributed by atoms with E-state index >= 15 is 0 Å². The average Bonchev–Trinajstić information content (AvgIpc) is 2.30. The fourth-order valence-corrected chi connectivity index (χ4v) is 3.27. The highest BCUT2D eigenvalue weighted by atomic mass is 35.5. The van der Waals surface area contributed by atoms with Crippen LogP contribution in [0.5, 0.6) is 0 Å². The summed E-state index contributed by atoms with van der Waals surface area (Å²) in [6.07, 6.45) is 1.39. The molecule has 0 amide bonds. The molecule has 1 rings (SSSR count). The van der Waals surface area contributed by atoms with E-state index in [1.807, 2.05) is 4.72 Å². The second-order valence-electron chi connectivity index (χ2n) is 3.75. The number of hydrogen-bond acceptors (Lipinski definition) is 4. The molecule has 0 bridgehead atoms. The van der Waals surface area contributed by atoms with Crippen molar-refractivity contribution >= 4 is 38.4 Å². The first-order valence-corrected chi connectivity index (χ1v) is 8.76. The van der Waals surface area contributed by atoms with Crippen molar-refractivity contribution in [1.82, 2.24) is 4.72 Å². The molecule has 0 aromatic heterocycles. The zero-order valence-electron chi connectivity index (χ0n) is 10.2. The highest BCUT2D eigenvalue weighted by molar-refractivity contribution is 7.89. The van der Waals surface area contributed by atoms with E-state index in [-0.39, 0.29) is 17.3 Å². The van der Waals surface area contributed by atoms with E-state index in [1.165, 1.54) is 6.26 Å². The van der Waals surface area contributed by atoms with Gasteiger partial charge in [0.25, 0.3) is 0 Å². The maximum absolute atomic E-state index is 13.9. The molecule has 0 aliphatic heterocycles. The van der Waals surface area contributed by atoms with Crippen LogP contribution < -0.4 is 4.72 Å². The van der Waals surface area contributed by atoms with Crippen molar-refractivity contribution in [2.45, 2.75) is 4.90 Å². The second kappa shape index (κ2) is 6.61. The summed E-state index contributed by atoms with van der Waals surface area (Å²) in [5.41, 5.74) is -0.836. The highest BCUT2D eigenvalue weighted by Gasteiger charge is 2.24. The topological polar surface area (TPSA) is 101 Å². The van der Waals surface area contributed by atoms with Crippen LogP contribution in [0.1, 0.15) is 10.4 Å². The largest absolute Gasteiger partial charge is 0.478 e. The van der Waals surface area contributed by atoms with Crippen molar-refractivity contribution in [3.63, 3.8) is 0 Å². The van der Waals surface area contributed by atoms with Crippen LogP contribution in [0.4, 0.5) is 4.39 Å². The number of carbonyl (C=O) groups is 1. The first-order chi connectivity index (χ1) is 9.15. The molecule has 0 aliphatic carbocycles. The minimum atomic E-state index is -4.27. The molecule has 1 unspecified atom stereocenters. The van der Waals surface area contributed by atoms with Crippen LogP contribution in [0.2, 0.25) is 5.02 Å². The van der Waals surface area contributed by atoms with Gasteiger partial charge >= 0.3 is 5.97 Å². The van der Waals surface area contributed by atoms with Crippen molar-refractivity contribution in [2.24, 2.45) is 0 Å². The summed E-state index contributed by atoms with van der Waals surface area (Å²) in [7, 11) is -5.49. The van der Waals surface area contributed by atoms with E-state index in [2.05, 4.69) is 0 Å². The Morgan fingerprint density at radius 1 is 1.50 bits per heavy atom. The molecule has 2 N–H and O–H groups in total. The number of carboxylic acid groups (broad SMARTS) is 1. The fraction of sp³-hybridized carbons (Fsp3) is 0.300. The van der Waals surface area contributed by atoms with Crippen LogP contribution in [0.25, 0.3) is 0 Å². The molecule has 0 radical (unpaired) electrons. The highest BCUT2D eigenvalue weighted by Crippen LogP contribution is 2.23. The Bertz CT molecular complexity index is 662. The third-order valence-electron chi connectivity index (χ3n) is 2.21. The number of hydrogen-bond donors (Lipinski definition) is 2. The summed E-state index contributed by atoms with van der Waals surface area (Å²) in [6.45, 7) is -0.167. The van der Waals surface area contributed by atoms with Gasteiger partial charge in [0.1, 0.15) is 4.90 Å². The lowest BCUT2D eigenvalue weighted by Gasteiger charge is -2.09. The minimum Gasteiger partial charge on any atom is -0.478 e. The molecule has 10 heteroatoms. The van der Waals surface area contributed by atoms with Crippen molar-refractivity contribution < 1.29 is 26.9 Å². The Balaban J connectivity index is 3.18. The smallest absolute Gasteiger partial charge is 0.338 e. The molecule has 0 saturated heterocycles. The summed E-state index contributed by atoms with van der Waals surface area (Å²) in [5, 5.41) is 8.56. The lowest BCUT2D eigenvalue weighted by atomic mass is 10.2. The monoisotopic (exact) mass is 343 g/mol. The van der Waals surface area contributed by atoms with Crippen LogP contribution in [-0.2, 0) is 20.8 Å². The quantitative estimate of drug-likeness (QED) is 0.797. The van der Waals surface area contributed by atoms with E-state index in [0.29, 0.717) is 0 Å². The van der Waals surface area contributed by atoms with Gasteiger partial charge in [-0.25, -0.2) is 22.3 Å². The van der Waals surface area contributed by atoms with Crippen LogP contribution in [0, 0.1) is 5.82 Å². The maximum Gasteiger partial charge on any atom is 0.338 e. The van der Waals surface area contributed by atoms with Crippen LogP contribution in [-0.4, -0.2) is 42.3 Å². The third kappa shape index (κ3) is 4.23. The number of benzene rings is 1. The summed E-state index contributed by atoms with van der Waals surface area (Å²) in [6, 6.07) is 1.63. The SMILES string of the molecule is CS(=O)CCNS(=O)(=O)c1cc(Cl)cc(C(=O)O)c1F. The summed E-state index contributed by atoms with van der Waals surface area (Å²) < 4.78 is 50.4. The van der Waals surface area contributed by atoms with Crippen molar-refractivity contribution in [2.75, 3.05) is 18.6 Å². The zero-order chi connectivity index (χ0) is 15.5. The number of carboxylic acids is 1. The molecule has 112 valence electrons. The number of halogens is 2. The Hall–Kier alpha value is -1.03. The van der Waals surface area contributed by atoms with Gasteiger partial charge in [0, 0.05) is 34.4 Å². The molecule has 0 fully saturated rings. The summed E-state index contributed by atoms with van der Waals surface area (Å²) in [4.78, 5) is 9.95. The lowest BCUT2D eigenvalue weighted by molar-refractivity contribution is 0.0691. The van der Waals surface area contributed by atoms with Gasteiger partial charge in [0.05, 0.1) is 5.56 Å². The normalized spacial score (nSPS) is 13.2. The van der Waals surface area contributed by atoms with E-state index in [9.17, 15) is 21.8 Å². The van der Waals surface area contributed by atoms with Gasteiger partial charge in [-0.15, -0.1) is 0 Å². The molecule has 1 aromatic rings. The van der Waals surface area contributed by atoms with E-state index in [1.54, 1.807) is 0 Å². The zero-order valence-corrected chi connectivity index (χ0v) is 12.6. The molecule has 0 aliphatic rings. The van der Waals surface area contributed by atoms with Crippen molar-refractivity contribution in [3.05, 3.63) is 28.5 Å². The molecule has 20 heavy (non-hydrogen) atoms. The van der Waals surface area contributed by atoms with E-state index < -0.39 is 43.1 Å².